The van der Waals surface area contributed by atoms with E-state index in [2.05, 4.69) is 22.5 Å². The summed E-state index contributed by atoms with van der Waals surface area (Å²) < 4.78 is 18.3. The normalized spacial score (nSPS) is 11.0. The number of guanidine groups is 1. The predicted molar refractivity (Wildman–Crippen MR) is 100 cm³/mol. The van der Waals surface area contributed by atoms with E-state index in [1.807, 2.05) is 6.92 Å². The fourth-order valence-corrected chi connectivity index (χ4v) is 1.69. The Morgan fingerprint density at radius 1 is 1.14 bits per heavy atom. The van der Waals surface area contributed by atoms with Gasteiger partial charge in [-0.15, -0.1) is 24.0 Å². The number of nitrogens with one attached hydrogen (secondary N) is 2. The first kappa shape index (κ1) is 21.1. The summed E-state index contributed by atoms with van der Waals surface area (Å²) in [7, 11) is 0. The van der Waals surface area contributed by atoms with Crippen molar-refractivity contribution in [3.05, 3.63) is 35.6 Å². The minimum absolute atomic E-state index is 0. The van der Waals surface area contributed by atoms with Gasteiger partial charge in [-0.2, -0.15) is 0 Å². The molecule has 22 heavy (non-hydrogen) atoms. The molecule has 6 heteroatoms. The number of unbranched alkanes of at least 4 members (excludes halogenated alkanes) is 1. The topological polar surface area (TPSA) is 45.6 Å². The zero-order valence-electron chi connectivity index (χ0n) is 13.4. The summed E-state index contributed by atoms with van der Waals surface area (Å²) in [6.45, 7) is 7.68. The smallest absolute Gasteiger partial charge is 0.191 e. The number of halogens is 2. The molecule has 0 aliphatic carbocycles. The van der Waals surface area contributed by atoms with E-state index in [1.165, 1.54) is 12.1 Å². The van der Waals surface area contributed by atoms with Crippen molar-refractivity contribution in [1.82, 2.24) is 10.6 Å². The van der Waals surface area contributed by atoms with Gasteiger partial charge >= 0.3 is 0 Å². The first-order valence-electron chi connectivity index (χ1n) is 7.60. The highest BCUT2D eigenvalue weighted by molar-refractivity contribution is 14.0. The Hall–Kier alpha value is -0.890. The van der Waals surface area contributed by atoms with Gasteiger partial charge in [0, 0.05) is 19.7 Å². The molecular formula is C16H27FIN3O. The number of ether oxygens (including phenoxy) is 1. The maximum absolute atomic E-state index is 12.8. The molecule has 0 aliphatic heterocycles. The lowest BCUT2D eigenvalue weighted by atomic mass is 10.2. The van der Waals surface area contributed by atoms with E-state index in [-0.39, 0.29) is 29.8 Å². The molecular weight excluding hydrogens is 396 g/mol. The van der Waals surface area contributed by atoms with Gasteiger partial charge in [0.05, 0.1) is 13.2 Å². The molecule has 0 aromatic heterocycles. The standard InChI is InChI=1S/C16H26FN3O.HI/c1-3-5-11-21-12-10-19-16(18-4-2)20-13-14-6-8-15(17)9-7-14;/h6-9H,3-5,10-13H2,1-2H3,(H2,18,19,20);1H. The first-order valence-corrected chi connectivity index (χ1v) is 7.60. The molecule has 0 unspecified atom stereocenters. The second kappa shape index (κ2) is 13.8. The molecule has 0 aliphatic rings. The quantitative estimate of drug-likeness (QED) is 0.277. The van der Waals surface area contributed by atoms with Crippen molar-refractivity contribution in [3.63, 3.8) is 0 Å². The van der Waals surface area contributed by atoms with Gasteiger partial charge in [0.1, 0.15) is 5.82 Å². The number of nitrogens with zero attached hydrogens (tertiary/aromatic N) is 1. The zero-order valence-corrected chi connectivity index (χ0v) is 15.7. The molecule has 4 nitrogen and oxygen atoms in total. The highest BCUT2D eigenvalue weighted by Gasteiger charge is 1.98. The van der Waals surface area contributed by atoms with Crippen molar-refractivity contribution < 1.29 is 9.13 Å². The van der Waals surface area contributed by atoms with Crippen molar-refractivity contribution in [2.45, 2.75) is 33.2 Å². The first-order chi connectivity index (χ1) is 10.3. The summed E-state index contributed by atoms with van der Waals surface area (Å²) in [4.78, 5) is 4.46. The summed E-state index contributed by atoms with van der Waals surface area (Å²) in [6.07, 6.45) is 2.24. The SMILES string of the molecule is CCCCOCCNC(=NCc1ccc(F)cc1)NCC.I. The third-order valence-electron chi connectivity index (χ3n) is 2.86. The van der Waals surface area contributed by atoms with Gasteiger partial charge < -0.3 is 15.4 Å². The third kappa shape index (κ3) is 9.94. The van der Waals surface area contributed by atoms with Gasteiger partial charge in [-0.05, 0) is 31.0 Å². The average Bonchev–Trinajstić information content (AvgIpc) is 2.49. The molecule has 0 heterocycles. The van der Waals surface area contributed by atoms with E-state index in [9.17, 15) is 4.39 Å². The Morgan fingerprint density at radius 2 is 1.86 bits per heavy atom. The highest BCUT2D eigenvalue weighted by Crippen LogP contribution is 2.03. The van der Waals surface area contributed by atoms with Crippen LogP contribution in [0.15, 0.2) is 29.3 Å². The van der Waals surface area contributed by atoms with Crippen LogP contribution in [-0.2, 0) is 11.3 Å². The van der Waals surface area contributed by atoms with E-state index in [1.54, 1.807) is 12.1 Å². The molecule has 2 N–H and O–H groups in total. The molecule has 0 saturated carbocycles. The van der Waals surface area contributed by atoms with Crippen LogP contribution >= 0.6 is 24.0 Å². The lowest BCUT2D eigenvalue weighted by molar-refractivity contribution is 0.136. The number of hydrogen-bond donors (Lipinski definition) is 2. The largest absolute Gasteiger partial charge is 0.380 e. The monoisotopic (exact) mass is 423 g/mol. The highest BCUT2D eigenvalue weighted by atomic mass is 127. The summed E-state index contributed by atoms with van der Waals surface area (Å²) in [5.74, 6) is 0.526. The molecule has 0 spiro atoms. The fourth-order valence-electron chi connectivity index (χ4n) is 1.69. The van der Waals surface area contributed by atoms with Crippen LogP contribution in [0, 0.1) is 5.82 Å². The van der Waals surface area contributed by atoms with Gasteiger partial charge in [0.15, 0.2) is 5.96 Å². The molecule has 0 fully saturated rings. The maximum Gasteiger partial charge on any atom is 0.191 e. The van der Waals surface area contributed by atoms with Gasteiger partial charge in [-0.3, -0.25) is 0 Å². The van der Waals surface area contributed by atoms with Crippen molar-refractivity contribution in [3.8, 4) is 0 Å². The van der Waals surface area contributed by atoms with Crippen molar-refractivity contribution >= 4 is 29.9 Å². The van der Waals surface area contributed by atoms with Gasteiger partial charge in [0.2, 0.25) is 0 Å². The Kier molecular flexibility index (Phi) is 13.2. The van der Waals surface area contributed by atoms with Crippen LogP contribution in [0.25, 0.3) is 0 Å². The second-order valence-corrected chi connectivity index (χ2v) is 4.71. The summed E-state index contributed by atoms with van der Waals surface area (Å²) >= 11 is 0. The second-order valence-electron chi connectivity index (χ2n) is 4.71. The van der Waals surface area contributed by atoms with Crippen LogP contribution in [0.2, 0.25) is 0 Å². The Labute approximate surface area is 149 Å². The van der Waals surface area contributed by atoms with E-state index in [0.29, 0.717) is 13.2 Å². The van der Waals surface area contributed by atoms with Crippen LogP contribution in [0.1, 0.15) is 32.3 Å². The molecule has 0 bridgehead atoms. The van der Waals surface area contributed by atoms with Crippen molar-refractivity contribution in [2.75, 3.05) is 26.3 Å². The average molecular weight is 423 g/mol. The zero-order chi connectivity index (χ0) is 15.3. The minimum atomic E-state index is -0.225. The lowest BCUT2D eigenvalue weighted by Gasteiger charge is -2.11. The van der Waals surface area contributed by atoms with Crippen LogP contribution in [0.4, 0.5) is 4.39 Å². The summed E-state index contributed by atoms with van der Waals surface area (Å²) in [5, 5.41) is 6.39. The van der Waals surface area contributed by atoms with Crippen LogP contribution in [-0.4, -0.2) is 32.3 Å². The Bertz CT molecular complexity index is 412. The maximum atomic E-state index is 12.8. The minimum Gasteiger partial charge on any atom is -0.380 e. The van der Waals surface area contributed by atoms with Gasteiger partial charge in [-0.25, -0.2) is 9.38 Å². The van der Waals surface area contributed by atoms with Crippen molar-refractivity contribution in [1.29, 1.82) is 0 Å². The van der Waals surface area contributed by atoms with E-state index >= 15 is 0 Å². The molecule has 0 atom stereocenters. The van der Waals surface area contributed by atoms with Crippen LogP contribution in [0.5, 0.6) is 0 Å². The molecule has 0 saturated heterocycles. The third-order valence-corrected chi connectivity index (χ3v) is 2.86. The van der Waals surface area contributed by atoms with E-state index in [4.69, 9.17) is 4.74 Å². The molecule has 1 aromatic carbocycles. The number of aliphatic imine (C=N–C) groups is 1. The molecule has 126 valence electrons. The summed E-state index contributed by atoms with van der Waals surface area (Å²) in [5.41, 5.74) is 0.979. The fraction of sp³-hybridized carbons (Fsp3) is 0.562. The number of benzene rings is 1. The Balaban J connectivity index is 0.00000441. The Morgan fingerprint density at radius 3 is 2.50 bits per heavy atom. The van der Waals surface area contributed by atoms with Crippen molar-refractivity contribution in [2.24, 2.45) is 4.99 Å². The molecule has 1 rings (SSSR count). The molecule has 0 radical (unpaired) electrons. The van der Waals surface area contributed by atoms with Crippen LogP contribution in [0.3, 0.4) is 0 Å². The van der Waals surface area contributed by atoms with E-state index in [0.717, 1.165) is 44.1 Å². The van der Waals surface area contributed by atoms with E-state index < -0.39 is 0 Å². The summed E-state index contributed by atoms with van der Waals surface area (Å²) in [6, 6.07) is 6.39. The van der Waals surface area contributed by atoms with Crippen LogP contribution < -0.4 is 10.6 Å². The molecule has 0 amide bonds. The predicted octanol–water partition coefficient (Wildman–Crippen LogP) is 3.32. The van der Waals surface area contributed by atoms with Gasteiger partial charge in [-0.1, -0.05) is 25.5 Å². The lowest BCUT2D eigenvalue weighted by Crippen LogP contribution is -2.39. The number of hydrogen-bond acceptors (Lipinski definition) is 2. The number of rotatable bonds is 9. The molecule has 1 aromatic rings. The van der Waals surface area contributed by atoms with Gasteiger partial charge in [0.25, 0.3) is 0 Å².